The smallest absolute Gasteiger partial charge is 0.0553 e. The van der Waals surface area contributed by atoms with Crippen LogP contribution in [0.5, 0.6) is 0 Å². The minimum Gasteiger partial charge on any atom is -0.378 e. The van der Waals surface area contributed by atoms with Crippen molar-refractivity contribution in [1.82, 2.24) is 0 Å². The van der Waals surface area contributed by atoms with Crippen LogP contribution in [0, 0.1) is 12.8 Å². The number of halogens is 1. The van der Waals surface area contributed by atoms with Crippen LogP contribution in [0.25, 0.3) is 0 Å². The van der Waals surface area contributed by atoms with Gasteiger partial charge >= 0.3 is 0 Å². The highest BCUT2D eigenvalue weighted by Crippen LogP contribution is 2.50. The van der Waals surface area contributed by atoms with Crippen molar-refractivity contribution in [2.24, 2.45) is 5.92 Å². The average molecular weight is 296 g/mol. The molecule has 1 nitrogen and oxygen atoms in total. The van der Waals surface area contributed by atoms with Crippen molar-refractivity contribution in [3.05, 3.63) is 76.3 Å². The van der Waals surface area contributed by atoms with Crippen LogP contribution >= 0.6 is 11.6 Å². The Hall–Kier alpha value is -1.73. The first-order chi connectivity index (χ1) is 10.2. The molecule has 0 aromatic heterocycles. The zero-order chi connectivity index (χ0) is 14.4. The molecule has 2 heteroatoms. The number of allylic oxidation sites excluding steroid dienone is 2. The van der Waals surface area contributed by atoms with Crippen molar-refractivity contribution >= 4 is 17.3 Å². The first kappa shape index (κ1) is 13.0. The van der Waals surface area contributed by atoms with E-state index in [1.165, 1.54) is 22.4 Å². The Kier molecular flexibility index (Phi) is 3.04. The van der Waals surface area contributed by atoms with Gasteiger partial charge in [0, 0.05) is 16.6 Å². The van der Waals surface area contributed by atoms with Gasteiger partial charge in [0.15, 0.2) is 0 Å². The van der Waals surface area contributed by atoms with E-state index in [9.17, 15) is 0 Å². The summed E-state index contributed by atoms with van der Waals surface area (Å²) in [5.74, 6) is 1.06. The molecule has 0 amide bonds. The third-order valence-corrected chi connectivity index (χ3v) is 5.00. The maximum Gasteiger partial charge on any atom is 0.0553 e. The van der Waals surface area contributed by atoms with E-state index in [0.29, 0.717) is 17.9 Å². The van der Waals surface area contributed by atoms with Crippen molar-refractivity contribution in [2.45, 2.75) is 25.3 Å². The number of hydrogen-bond donors (Lipinski definition) is 1. The summed E-state index contributed by atoms with van der Waals surface area (Å²) in [7, 11) is 0. The third kappa shape index (κ3) is 2.16. The second-order valence-electron chi connectivity index (χ2n) is 6.12. The van der Waals surface area contributed by atoms with Crippen molar-refractivity contribution in [2.75, 3.05) is 5.32 Å². The van der Waals surface area contributed by atoms with E-state index >= 15 is 0 Å². The molecule has 4 rings (SSSR count). The van der Waals surface area contributed by atoms with E-state index in [4.69, 9.17) is 11.6 Å². The Bertz CT molecular complexity index is 702. The molecule has 1 aliphatic heterocycles. The highest BCUT2D eigenvalue weighted by molar-refractivity contribution is 6.30. The van der Waals surface area contributed by atoms with E-state index in [2.05, 4.69) is 60.8 Å². The van der Waals surface area contributed by atoms with Gasteiger partial charge in [-0.15, -0.1) is 0 Å². The first-order valence-corrected chi connectivity index (χ1v) is 7.89. The Morgan fingerprint density at radius 3 is 2.71 bits per heavy atom. The molecule has 1 N–H and O–H groups in total. The van der Waals surface area contributed by atoms with E-state index in [-0.39, 0.29) is 0 Å². The van der Waals surface area contributed by atoms with Gasteiger partial charge in [-0.25, -0.2) is 0 Å². The number of aryl methyl sites for hydroxylation is 1. The number of nitrogens with one attached hydrogen (secondary N) is 1. The van der Waals surface area contributed by atoms with E-state index in [1.54, 1.807) is 0 Å². The Morgan fingerprint density at radius 1 is 1.10 bits per heavy atom. The van der Waals surface area contributed by atoms with Crippen LogP contribution in [0.4, 0.5) is 5.69 Å². The molecule has 2 aromatic rings. The molecule has 0 bridgehead atoms. The van der Waals surface area contributed by atoms with E-state index < -0.39 is 0 Å². The zero-order valence-corrected chi connectivity index (χ0v) is 12.8. The molecule has 106 valence electrons. The molecular weight excluding hydrogens is 278 g/mol. The number of benzene rings is 2. The summed E-state index contributed by atoms with van der Waals surface area (Å²) in [6.07, 6.45) is 5.79. The summed E-state index contributed by atoms with van der Waals surface area (Å²) < 4.78 is 0. The summed E-state index contributed by atoms with van der Waals surface area (Å²) in [5, 5.41) is 4.56. The van der Waals surface area contributed by atoms with Crippen LogP contribution < -0.4 is 5.32 Å². The van der Waals surface area contributed by atoms with Crippen molar-refractivity contribution in [1.29, 1.82) is 0 Å². The van der Waals surface area contributed by atoms with Gasteiger partial charge in [-0.2, -0.15) is 0 Å². The molecule has 3 atom stereocenters. The number of fused-ring (bicyclic) bond motifs is 3. The van der Waals surface area contributed by atoms with Gasteiger partial charge in [0.1, 0.15) is 0 Å². The molecule has 0 saturated heterocycles. The van der Waals surface area contributed by atoms with Crippen molar-refractivity contribution in [3.63, 3.8) is 0 Å². The van der Waals surface area contributed by atoms with Gasteiger partial charge in [-0.1, -0.05) is 53.6 Å². The van der Waals surface area contributed by atoms with Gasteiger partial charge in [0.2, 0.25) is 0 Å². The lowest BCUT2D eigenvalue weighted by Crippen LogP contribution is -2.29. The summed E-state index contributed by atoms with van der Waals surface area (Å²) in [4.78, 5) is 0. The predicted molar refractivity (Wildman–Crippen MR) is 89.0 cm³/mol. The average Bonchev–Trinajstić information content (AvgIpc) is 2.97. The first-order valence-electron chi connectivity index (χ1n) is 7.51. The van der Waals surface area contributed by atoms with Gasteiger partial charge in [0.05, 0.1) is 6.04 Å². The molecule has 0 saturated carbocycles. The fourth-order valence-corrected chi connectivity index (χ4v) is 3.85. The minimum atomic E-state index is 0.374. The molecule has 1 heterocycles. The molecule has 0 spiro atoms. The second kappa shape index (κ2) is 4.92. The van der Waals surface area contributed by atoms with Crippen LogP contribution in [0.2, 0.25) is 5.02 Å². The molecule has 1 aliphatic carbocycles. The Morgan fingerprint density at radius 2 is 1.90 bits per heavy atom. The van der Waals surface area contributed by atoms with Gasteiger partial charge in [-0.3, -0.25) is 0 Å². The third-order valence-electron chi connectivity index (χ3n) is 4.76. The van der Waals surface area contributed by atoms with E-state index in [0.717, 1.165) is 11.4 Å². The molecule has 2 aromatic carbocycles. The standard InChI is InChI=1S/C19H18ClN/c1-12-5-7-13(8-6-12)19-16-4-2-3-15(16)17-11-14(20)9-10-18(17)21-19/h2-3,5-11,15-16,19,21H,4H2,1H3. The minimum absolute atomic E-state index is 0.374. The summed E-state index contributed by atoms with van der Waals surface area (Å²) in [5.41, 5.74) is 5.24. The molecule has 0 radical (unpaired) electrons. The summed E-state index contributed by atoms with van der Waals surface area (Å²) >= 11 is 6.19. The van der Waals surface area contributed by atoms with Crippen LogP contribution in [0.1, 0.15) is 35.1 Å². The van der Waals surface area contributed by atoms with E-state index in [1.807, 2.05) is 6.07 Å². The topological polar surface area (TPSA) is 12.0 Å². The Labute approximate surface area is 130 Å². The molecule has 2 aliphatic rings. The maximum absolute atomic E-state index is 6.19. The monoisotopic (exact) mass is 295 g/mol. The second-order valence-corrected chi connectivity index (χ2v) is 6.55. The maximum atomic E-state index is 6.19. The van der Waals surface area contributed by atoms with Crippen LogP contribution in [-0.2, 0) is 0 Å². The van der Waals surface area contributed by atoms with Gasteiger partial charge in [-0.05, 0) is 48.6 Å². The van der Waals surface area contributed by atoms with Crippen molar-refractivity contribution < 1.29 is 0 Å². The molecule has 21 heavy (non-hydrogen) atoms. The highest BCUT2D eigenvalue weighted by Gasteiger charge is 2.37. The van der Waals surface area contributed by atoms with Crippen LogP contribution in [0.3, 0.4) is 0 Å². The largest absolute Gasteiger partial charge is 0.378 e. The fourth-order valence-electron chi connectivity index (χ4n) is 3.67. The number of hydrogen-bond acceptors (Lipinski definition) is 1. The lowest BCUT2D eigenvalue weighted by molar-refractivity contribution is 0.425. The van der Waals surface area contributed by atoms with Gasteiger partial charge < -0.3 is 5.32 Å². The lowest BCUT2D eigenvalue weighted by atomic mass is 9.77. The van der Waals surface area contributed by atoms with Gasteiger partial charge in [0.25, 0.3) is 0 Å². The van der Waals surface area contributed by atoms with Crippen LogP contribution in [0.15, 0.2) is 54.6 Å². The fraction of sp³-hybridized carbons (Fsp3) is 0.263. The molecule has 0 fully saturated rings. The van der Waals surface area contributed by atoms with Crippen LogP contribution in [-0.4, -0.2) is 0 Å². The predicted octanol–water partition coefficient (Wildman–Crippen LogP) is 5.47. The highest BCUT2D eigenvalue weighted by atomic mass is 35.5. The summed E-state index contributed by atoms with van der Waals surface area (Å²) in [6.45, 7) is 2.13. The summed E-state index contributed by atoms with van der Waals surface area (Å²) in [6, 6.07) is 15.5. The lowest BCUT2D eigenvalue weighted by Gasteiger charge is -2.37. The SMILES string of the molecule is Cc1ccc(C2Nc3ccc(Cl)cc3C3C=CCC32)cc1. The number of rotatable bonds is 1. The Balaban J connectivity index is 1.78. The quantitative estimate of drug-likeness (QED) is 0.687. The molecule has 3 unspecified atom stereocenters. The molecular formula is C19H18ClN. The zero-order valence-electron chi connectivity index (χ0n) is 12.0. The number of anilines is 1. The normalized spacial score (nSPS) is 26.1. The van der Waals surface area contributed by atoms with Crippen molar-refractivity contribution in [3.8, 4) is 0 Å².